The van der Waals surface area contributed by atoms with E-state index in [2.05, 4.69) is 4.98 Å². The van der Waals surface area contributed by atoms with Crippen LogP contribution in [0, 0.1) is 0 Å². The molecule has 1 amide bonds. The minimum atomic E-state index is -0.263. The molecule has 1 aromatic rings. The SMILES string of the molecule is CC1(C)C(N)CCCN1C(=O)c1ccc[nH]1. The molecule has 1 fully saturated rings. The van der Waals surface area contributed by atoms with Crippen LogP contribution in [0.25, 0.3) is 0 Å². The zero-order chi connectivity index (χ0) is 11.8. The van der Waals surface area contributed by atoms with E-state index in [1.807, 2.05) is 24.8 Å². The molecule has 1 saturated heterocycles. The van der Waals surface area contributed by atoms with Crippen LogP contribution in [0.4, 0.5) is 0 Å². The normalized spacial score (nSPS) is 24.4. The molecule has 88 valence electrons. The van der Waals surface area contributed by atoms with Crippen LogP contribution in [-0.4, -0.2) is 33.9 Å². The molecule has 4 heteroatoms. The number of aromatic nitrogens is 1. The largest absolute Gasteiger partial charge is 0.357 e. The van der Waals surface area contributed by atoms with Crippen LogP contribution in [0.1, 0.15) is 37.2 Å². The minimum Gasteiger partial charge on any atom is -0.357 e. The first-order valence-corrected chi connectivity index (χ1v) is 5.74. The molecule has 1 atom stereocenters. The Balaban J connectivity index is 2.23. The number of rotatable bonds is 1. The number of hydrogen-bond donors (Lipinski definition) is 2. The number of carbonyl (C=O) groups excluding carboxylic acids is 1. The van der Waals surface area contributed by atoms with Gasteiger partial charge in [-0.05, 0) is 38.8 Å². The van der Waals surface area contributed by atoms with Gasteiger partial charge in [-0.2, -0.15) is 0 Å². The summed E-state index contributed by atoms with van der Waals surface area (Å²) >= 11 is 0. The van der Waals surface area contributed by atoms with Crippen LogP contribution >= 0.6 is 0 Å². The standard InChI is InChI=1S/C12H19N3O/c1-12(2)10(13)6-4-8-15(12)11(16)9-5-3-7-14-9/h3,5,7,10,14H,4,6,8,13H2,1-2H3. The number of nitrogens with one attached hydrogen (secondary N) is 1. The fraction of sp³-hybridized carbons (Fsp3) is 0.583. The lowest BCUT2D eigenvalue weighted by Gasteiger charge is -2.46. The predicted octanol–water partition coefficient (Wildman–Crippen LogP) is 1.36. The predicted molar refractivity (Wildman–Crippen MR) is 63.1 cm³/mol. The Morgan fingerprint density at radius 1 is 1.62 bits per heavy atom. The van der Waals surface area contributed by atoms with E-state index in [1.54, 1.807) is 12.3 Å². The van der Waals surface area contributed by atoms with E-state index < -0.39 is 0 Å². The van der Waals surface area contributed by atoms with Crippen LogP contribution in [0.3, 0.4) is 0 Å². The van der Waals surface area contributed by atoms with Gasteiger partial charge in [0, 0.05) is 18.8 Å². The quantitative estimate of drug-likeness (QED) is 0.752. The monoisotopic (exact) mass is 221 g/mol. The van der Waals surface area contributed by atoms with Gasteiger partial charge in [-0.1, -0.05) is 0 Å². The molecule has 0 aliphatic carbocycles. The van der Waals surface area contributed by atoms with Crippen LogP contribution in [0.15, 0.2) is 18.3 Å². The van der Waals surface area contributed by atoms with Gasteiger partial charge < -0.3 is 15.6 Å². The fourth-order valence-electron chi connectivity index (χ4n) is 2.28. The number of hydrogen-bond acceptors (Lipinski definition) is 2. The van der Waals surface area contributed by atoms with Gasteiger partial charge in [0.2, 0.25) is 0 Å². The zero-order valence-electron chi connectivity index (χ0n) is 9.86. The first kappa shape index (κ1) is 11.2. The highest BCUT2D eigenvalue weighted by Crippen LogP contribution is 2.27. The zero-order valence-corrected chi connectivity index (χ0v) is 9.86. The van der Waals surface area contributed by atoms with Gasteiger partial charge in [0.15, 0.2) is 0 Å². The van der Waals surface area contributed by atoms with Gasteiger partial charge in [-0.3, -0.25) is 4.79 Å². The average Bonchev–Trinajstić information content (AvgIpc) is 2.74. The molecule has 1 unspecified atom stereocenters. The van der Waals surface area contributed by atoms with E-state index in [9.17, 15) is 4.79 Å². The summed E-state index contributed by atoms with van der Waals surface area (Å²) in [6.07, 6.45) is 3.74. The molecule has 0 aromatic carbocycles. The summed E-state index contributed by atoms with van der Waals surface area (Å²) in [6.45, 7) is 4.87. The number of nitrogens with two attached hydrogens (primary N) is 1. The second kappa shape index (κ2) is 3.94. The van der Waals surface area contributed by atoms with E-state index in [0.29, 0.717) is 5.69 Å². The summed E-state index contributed by atoms with van der Waals surface area (Å²) in [5, 5.41) is 0. The van der Waals surface area contributed by atoms with Crippen molar-refractivity contribution in [3.63, 3.8) is 0 Å². The molecule has 0 saturated carbocycles. The lowest BCUT2D eigenvalue weighted by Crippen LogP contribution is -2.61. The summed E-state index contributed by atoms with van der Waals surface area (Å²) in [7, 11) is 0. The second-order valence-corrected chi connectivity index (χ2v) is 4.94. The van der Waals surface area contributed by atoms with Gasteiger partial charge in [-0.25, -0.2) is 0 Å². The molecule has 1 aliphatic heterocycles. The van der Waals surface area contributed by atoms with Crippen molar-refractivity contribution < 1.29 is 4.79 Å². The fourth-order valence-corrected chi connectivity index (χ4v) is 2.28. The molecule has 2 heterocycles. The van der Waals surface area contributed by atoms with Gasteiger partial charge in [0.05, 0.1) is 5.54 Å². The van der Waals surface area contributed by atoms with E-state index in [1.165, 1.54) is 0 Å². The molecule has 3 N–H and O–H groups in total. The van der Waals surface area contributed by atoms with Gasteiger partial charge >= 0.3 is 0 Å². The summed E-state index contributed by atoms with van der Waals surface area (Å²) in [5.74, 6) is 0.0464. The molecule has 16 heavy (non-hydrogen) atoms. The maximum absolute atomic E-state index is 12.3. The van der Waals surface area contributed by atoms with Gasteiger partial charge in [-0.15, -0.1) is 0 Å². The Labute approximate surface area is 95.8 Å². The Morgan fingerprint density at radius 3 is 3.00 bits per heavy atom. The number of piperidine rings is 1. The number of carbonyl (C=O) groups is 1. The van der Waals surface area contributed by atoms with Crippen LogP contribution < -0.4 is 5.73 Å². The van der Waals surface area contributed by atoms with Crippen molar-refractivity contribution in [2.45, 2.75) is 38.3 Å². The molecular formula is C12H19N3O. The summed E-state index contributed by atoms with van der Waals surface area (Å²) < 4.78 is 0. The Morgan fingerprint density at radius 2 is 2.38 bits per heavy atom. The third kappa shape index (κ3) is 1.73. The highest BCUT2D eigenvalue weighted by atomic mass is 16.2. The molecule has 0 bridgehead atoms. The molecule has 0 spiro atoms. The van der Waals surface area contributed by atoms with Crippen molar-refractivity contribution in [1.29, 1.82) is 0 Å². The third-order valence-electron chi connectivity index (χ3n) is 3.57. The molecule has 4 nitrogen and oxygen atoms in total. The summed E-state index contributed by atoms with van der Waals surface area (Å²) in [5.41, 5.74) is 6.47. The molecule has 1 aromatic heterocycles. The third-order valence-corrected chi connectivity index (χ3v) is 3.57. The van der Waals surface area contributed by atoms with Crippen molar-refractivity contribution in [1.82, 2.24) is 9.88 Å². The maximum Gasteiger partial charge on any atom is 0.270 e. The first-order chi connectivity index (χ1) is 7.53. The van der Waals surface area contributed by atoms with E-state index in [-0.39, 0.29) is 17.5 Å². The molecule has 2 rings (SSSR count). The highest BCUT2D eigenvalue weighted by molar-refractivity contribution is 5.93. The topological polar surface area (TPSA) is 62.1 Å². The number of amides is 1. The van der Waals surface area contributed by atoms with E-state index in [0.717, 1.165) is 19.4 Å². The molecule has 1 aliphatic rings. The average molecular weight is 221 g/mol. The Hall–Kier alpha value is -1.29. The van der Waals surface area contributed by atoms with Crippen molar-refractivity contribution in [3.8, 4) is 0 Å². The maximum atomic E-state index is 12.3. The second-order valence-electron chi connectivity index (χ2n) is 4.94. The Kier molecular flexibility index (Phi) is 2.76. The lowest BCUT2D eigenvalue weighted by molar-refractivity contribution is 0.0357. The van der Waals surface area contributed by atoms with Crippen molar-refractivity contribution in [2.24, 2.45) is 5.73 Å². The number of likely N-dealkylation sites (tertiary alicyclic amines) is 1. The summed E-state index contributed by atoms with van der Waals surface area (Å²) in [6, 6.07) is 3.70. The van der Waals surface area contributed by atoms with Crippen LogP contribution in [0.5, 0.6) is 0 Å². The van der Waals surface area contributed by atoms with Crippen LogP contribution in [-0.2, 0) is 0 Å². The van der Waals surface area contributed by atoms with Crippen molar-refractivity contribution in [3.05, 3.63) is 24.0 Å². The van der Waals surface area contributed by atoms with Crippen LogP contribution in [0.2, 0.25) is 0 Å². The first-order valence-electron chi connectivity index (χ1n) is 5.74. The highest BCUT2D eigenvalue weighted by Gasteiger charge is 2.39. The summed E-state index contributed by atoms with van der Waals surface area (Å²) in [4.78, 5) is 17.1. The lowest BCUT2D eigenvalue weighted by atomic mass is 9.85. The Bertz CT molecular complexity index is 370. The van der Waals surface area contributed by atoms with E-state index in [4.69, 9.17) is 5.73 Å². The molecular weight excluding hydrogens is 202 g/mol. The van der Waals surface area contributed by atoms with Crippen molar-refractivity contribution in [2.75, 3.05) is 6.54 Å². The minimum absolute atomic E-state index is 0.0464. The number of aromatic amines is 1. The van der Waals surface area contributed by atoms with E-state index >= 15 is 0 Å². The van der Waals surface area contributed by atoms with Gasteiger partial charge in [0.25, 0.3) is 5.91 Å². The number of H-pyrrole nitrogens is 1. The number of nitrogens with zero attached hydrogens (tertiary/aromatic N) is 1. The van der Waals surface area contributed by atoms with Gasteiger partial charge in [0.1, 0.15) is 5.69 Å². The van der Waals surface area contributed by atoms with Crippen molar-refractivity contribution >= 4 is 5.91 Å². The smallest absolute Gasteiger partial charge is 0.270 e. The molecule has 0 radical (unpaired) electrons.